The number of methoxy groups -OCH3 is 2. The minimum atomic E-state index is -1.99. The maximum absolute atomic E-state index is 6.63. The summed E-state index contributed by atoms with van der Waals surface area (Å²) in [6.45, 7) is 31.5. The SMILES string of the molecule is COc1cc(/C=C/[C@H](Cc2ccc(O[Si](C)(C)C(C)(C)C)c(OC)c2)C[Si](C)(C)OC(C)C)ccc1O[Si](C)(C)C(C)(C)C. The first-order valence-electron chi connectivity index (χ1n) is 16.1. The fraction of sp³-hybridized carbons (Fsp3) is 0.611. The van der Waals surface area contributed by atoms with E-state index in [-0.39, 0.29) is 16.2 Å². The molecule has 0 spiro atoms. The van der Waals surface area contributed by atoms with Gasteiger partial charge >= 0.3 is 0 Å². The van der Waals surface area contributed by atoms with Gasteiger partial charge in [-0.3, -0.25) is 0 Å². The van der Waals surface area contributed by atoms with Crippen molar-refractivity contribution in [3.05, 3.63) is 53.6 Å². The third-order valence-electron chi connectivity index (χ3n) is 9.13. The Labute approximate surface area is 273 Å². The zero-order valence-electron chi connectivity index (χ0n) is 30.7. The van der Waals surface area contributed by atoms with Gasteiger partial charge in [0.2, 0.25) is 0 Å². The van der Waals surface area contributed by atoms with Crippen molar-refractivity contribution in [3.8, 4) is 23.0 Å². The Morgan fingerprint density at radius 2 is 1.16 bits per heavy atom. The monoisotopic (exact) mass is 658 g/mol. The van der Waals surface area contributed by atoms with Crippen molar-refractivity contribution in [1.82, 2.24) is 0 Å². The van der Waals surface area contributed by atoms with Crippen LogP contribution in [0, 0.1) is 5.92 Å². The maximum Gasteiger partial charge on any atom is 0.250 e. The van der Waals surface area contributed by atoms with E-state index < -0.39 is 25.0 Å². The summed E-state index contributed by atoms with van der Waals surface area (Å²) < 4.78 is 31.3. The second-order valence-corrected chi connectivity index (χ2v) is 29.7. The lowest BCUT2D eigenvalue weighted by Gasteiger charge is -2.36. The molecule has 0 saturated carbocycles. The van der Waals surface area contributed by atoms with Crippen LogP contribution in [0.15, 0.2) is 42.5 Å². The minimum Gasteiger partial charge on any atom is -0.541 e. The summed E-state index contributed by atoms with van der Waals surface area (Å²) in [5.74, 6) is 3.51. The lowest BCUT2D eigenvalue weighted by atomic mass is 9.99. The van der Waals surface area contributed by atoms with E-state index in [0.717, 1.165) is 41.0 Å². The molecule has 5 nitrogen and oxygen atoms in total. The molecule has 0 fully saturated rings. The van der Waals surface area contributed by atoms with Crippen molar-refractivity contribution >= 4 is 31.0 Å². The first kappa shape index (κ1) is 38.2. The topological polar surface area (TPSA) is 46.2 Å². The van der Waals surface area contributed by atoms with E-state index in [1.165, 1.54) is 5.56 Å². The van der Waals surface area contributed by atoms with E-state index in [9.17, 15) is 0 Å². The van der Waals surface area contributed by atoms with Crippen LogP contribution in [-0.4, -0.2) is 45.3 Å². The van der Waals surface area contributed by atoms with Crippen molar-refractivity contribution in [2.75, 3.05) is 14.2 Å². The fourth-order valence-electron chi connectivity index (χ4n) is 4.73. The van der Waals surface area contributed by atoms with Gasteiger partial charge in [-0.05, 0) is 117 Å². The smallest absolute Gasteiger partial charge is 0.250 e. The number of ether oxygens (including phenoxy) is 2. The van der Waals surface area contributed by atoms with Gasteiger partial charge in [0.05, 0.1) is 14.2 Å². The highest BCUT2D eigenvalue weighted by atomic mass is 28.4. The highest BCUT2D eigenvalue weighted by Crippen LogP contribution is 2.42. The summed E-state index contributed by atoms with van der Waals surface area (Å²) in [5.41, 5.74) is 2.32. The molecule has 44 heavy (non-hydrogen) atoms. The average Bonchev–Trinajstić information content (AvgIpc) is 2.86. The van der Waals surface area contributed by atoms with Crippen LogP contribution >= 0.6 is 0 Å². The van der Waals surface area contributed by atoms with E-state index in [0.29, 0.717) is 5.92 Å². The molecule has 8 heteroatoms. The van der Waals surface area contributed by atoms with Gasteiger partial charge in [0.1, 0.15) is 11.5 Å². The number of benzene rings is 2. The van der Waals surface area contributed by atoms with Gasteiger partial charge in [-0.2, -0.15) is 0 Å². The molecule has 0 aliphatic carbocycles. The second-order valence-electron chi connectivity index (χ2n) is 16.1. The van der Waals surface area contributed by atoms with Gasteiger partial charge in [-0.1, -0.05) is 65.8 Å². The lowest BCUT2D eigenvalue weighted by molar-refractivity contribution is 0.229. The molecule has 0 unspecified atom stereocenters. The number of hydrogen-bond acceptors (Lipinski definition) is 5. The molecule has 0 aliphatic heterocycles. The van der Waals surface area contributed by atoms with Crippen LogP contribution in [-0.2, 0) is 10.8 Å². The summed E-state index contributed by atoms with van der Waals surface area (Å²) in [7, 11) is -2.46. The molecule has 2 aromatic rings. The van der Waals surface area contributed by atoms with Crippen LogP contribution in [0.25, 0.3) is 6.08 Å². The molecule has 0 saturated heterocycles. The van der Waals surface area contributed by atoms with E-state index in [1.54, 1.807) is 14.2 Å². The Bertz CT molecular complexity index is 1250. The third-order valence-corrected chi connectivity index (χ3v) is 20.4. The molecule has 1 atom stereocenters. The van der Waals surface area contributed by atoms with Crippen LogP contribution in [0.3, 0.4) is 0 Å². The molecular formula is C36H62O5Si3. The van der Waals surface area contributed by atoms with Crippen molar-refractivity contribution in [1.29, 1.82) is 0 Å². The molecular weight excluding hydrogens is 597 g/mol. The lowest BCUT2D eigenvalue weighted by Crippen LogP contribution is -2.43. The Morgan fingerprint density at radius 1 is 0.682 bits per heavy atom. The Hall–Kier alpha value is -2.01. The van der Waals surface area contributed by atoms with Gasteiger partial charge in [0, 0.05) is 6.10 Å². The molecule has 0 heterocycles. The Kier molecular flexibility index (Phi) is 12.7. The first-order chi connectivity index (χ1) is 20.0. The van der Waals surface area contributed by atoms with Crippen LogP contribution in [0.1, 0.15) is 66.5 Å². The Balaban J connectivity index is 2.40. The van der Waals surface area contributed by atoms with Gasteiger partial charge < -0.3 is 22.8 Å². The summed E-state index contributed by atoms with van der Waals surface area (Å²) in [5, 5.41) is 0.216. The first-order valence-corrected chi connectivity index (χ1v) is 25.0. The highest BCUT2D eigenvalue weighted by molar-refractivity contribution is 6.75. The molecule has 248 valence electrons. The van der Waals surface area contributed by atoms with Crippen molar-refractivity contribution in [2.45, 2.75) is 123 Å². The predicted molar refractivity (Wildman–Crippen MR) is 196 cm³/mol. The van der Waals surface area contributed by atoms with Gasteiger partial charge in [0.15, 0.2) is 19.8 Å². The van der Waals surface area contributed by atoms with Gasteiger partial charge in [-0.15, -0.1) is 0 Å². The van der Waals surface area contributed by atoms with Crippen LogP contribution in [0.2, 0.25) is 55.4 Å². The maximum atomic E-state index is 6.63. The standard InChI is InChI=1S/C36H62O5Si3/c1-27(2)39-42(11,12)26-30(23-29-20-22-32(34(25-29)38-10)41-44(15,16)36(6,7)8)18-17-28-19-21-31(33(24-28)37-9)40-43(13,14)35(3,4)5/h17-22,24-25,27,30H,23,26H2,1-16H3/b18-17+/t30-/m1/s1. The second kappa shape index (κ2) is 14.6. The zero-order valence-corrected chi connectivity index (χ0v) is 33.7. The fourth-order valence-corrected chi connectivity index (χ4v) is 9.69. The quantitative estimate of drug-likeness (QED) is 0.189. The summed E-state index contributed by atoms with van der Waals surface area (Å²) in [4.78, 5) is 0. The van der Waals surface area contributed by atoms with E-state index >= 15 is 0 Å². The van der Waals surface area contributed by atoms with Crippen LogP contribution < -0.4 is 18.3 Å². The third kappa shape index (κ3) is 10.8. The van der Waals surface area contributed by atoms with Gasteiger partial charge in [0.25, 0.3) is 16.6 Å². The molecule has 0 radical (unpaired) electrons. The molecule has 0 aliphatic rings. The minimum absolute atomic E-state index is 0.107. The number of allylic oxidation sites excluding steroid dienone is 1. The van der Waals surface area contributed by atoms with Crippen molar-refractivity contribution < 1.29 is 22.8 Å². The molecule has 0 aromatic heterocycles. The van der Waals surface area contributed by atoms with E-state index in [1.807, 2.05) is 0 Å². The normalized spacial score (nSPS) is 14.2. The summed E-state index contributed by atoms with van der Waals surface area (Å²) in [6.07, 6.45) is 5.66. The predicted octanol–water partition coefficient (Wildman–Crippen LogP) is 11.0. The molecule has 0 amide bonds. The number of rotatable bonds is 14. The van der Waals surface area contributed by atoms with Gasteiger partial charge in [-0.25, -0.2) is 0 Å². The Morgan fingerprint density at radius 3 is 1.61 bits per heavy atom. The summed E-state index contributed by atoms with van der Waals surface area (Å²) >= 11 is 0. The molecule has 2 rings (SSSR count). The number of hydrogen-bond donors (Lipinski definition) is 0. The largest absolute Gasteiger partial charge is 0.541 e. The van der Waals surface area contributed by atoms with E-state index in [4.69, 9.17) is 22.8 Å². The van der Waals surface area contributed by atoms with Crippen LogP contribution in [0.5, 0.6) is 23.0 Å². The molecule has 2 aromatic carbocycles. The molecule has 0 N–H and O–H groups in total. The molecule has 0 bridgehead atoms. The van der Waals surface area contributed by atoms with Crippen LogP contribution in [0.4, 0.5) is 0 Å². The van der Waals surface area contributed by atoms with Crippen molar-refractivity contribution in [3.63, 3.8) is 0 Å². The summed E-state index contributed by atoms with van der Waals surface area (Å²) in [6, 6.07) is 13.7. The van der Waals surface area contributed by atoms with E-state index in [2.05, 4.69) is 143 Å². The zero-order chi connectivity index (χ0) is 33.7. The van der Waals surface area contributed by atoms with Crippen molar-refractivity contribution in [2.24, 2.45) is 5.92 Å². The highest BCUT2D eigenvalue weighted by Gasteiger charge is 2.40. The average molecular weight is 659 g/mol.